The molecule has 1 aliphatic carbocycles. The first-order valence-electron chi connectivity index (χ1n) is 6.38. The van der Waals surface area contributed by atoms with E-state index in [0.29, 0.717) is 23.1 Å². The van der Waals surface area contributed by atoms with Crippen LogP contribution in [0.15, 0.2) is 18.2 Å². The molecule has 3 nitrogen and oxygen atoms in total. The number of nitrogens with zero attached hydrogens (tertiary/aromatic N) is 1. The van der Waals surface area contributed by atoms with Crippen molar-refractivity contribution in [1.29, 1.82) is 0 Å². The van der Waals surface area contributed by atoms with E-state index in [2.05, 4.69) is 0 Å². The molecule has 0 heterocycles. The molecule has 0 bridgehead atoms. The minimum atomic E-state index is -0.328. The van der Waals surface area contributed by atoms with Gasteiger partial charge in [-0.1, -0.05) is 35.7 Å². The molecule has 2 N–H and O–H groups in total. The van der Waals surface area contributed by atoms with Gasteiger partial charge in [-0.05, 0) is 30.5 Å². The Morgan fingerprint density at radius 2 is 2.05 bits per heavy atom. The third-order valence-electron chi connectivity index (χ3n) is 3.91. The number of halogens is 2. The van der Waals surface area contributed by atoms with E-state index in [1.807, 2.05) is 6.07 Å². The van der Waals surface area contributed by atoms with Crippen LogP contribution in [-0.2, 0) is 11.3 Å². The van der Waals surface area contributed by atoms with Crippen LogP contribution in [0.4, 0.5) is 0 Å². The van der Waals surface area contributed by atoms with Gasteiger partial charge in [0.25, 0.3) is 0 Å². The van der Waals surface area contributed by atoms with E-state index in [4.69, 9.17) is 28.9 Å². The number of rotatable bonds is 4. The van der Waals surface area contributed by atoms with Crippen molar-refractivity contribution in [2.75, 3.05) is 13.6 Å². The molecular formula is C14H18Cl2N2O. The molecule has 0 radical (unpaired) electrons. The highest BCUT2D eigenvalue weighted by Gasteiger charge is 2.44. The summed E-state index contributed by atoms with van der Waals surface area (Å²) in [4.78, 5) is 14.1. The van der Waals surface area contributed by atoms with Crippen LogP contribution in [0, 0.1) is 5.41 Å². The van der Waals surface area contributed by atoms with Crippen LogP contribution in [0.2, 0.25) is 10.0 Å². The van der Waals surface area contributed by atoms with Gasteiger partial charge in [0.2, 0.25) is 5.91 Å². The molecule has 19 heavy (non-hydrogen) atoms. The zero-order valence-electron chi connectivity index (χ0n) is 11.0. The highest BCUT2D eigenvalue weighted by atomic mass is 35.5. The molecule has 0 aromatic heterocycles. The monoisotopic (exact) mass is 300 g/mol. The van der Waals surface area contributed by atoms with E-state index in [-0.39, 0.29) is 11.3 Å². The van der Waals surface area contributed by atoms with Crippen molar-refractivity contribution >= 4 is 29.1 Å². The summed E-state index contributed by atoms with van der Waals surface area (Å²) in [6.07, 6.45) is 2.88. The van der Waals surface area contributed by atoms with Crippen molar-refractivity contribution in [2.24, 2.45) is 11.1 Å². The number of hydrogen-bond donors (Lipinski definition) is 1. The Bertz CT molecular complexity index is 481. The molecule has 104 valence electrons. The van der Waals surface area contributed by atoms with Crippen LogP contribution in [0.25, 0.3) is 0 Å². The Balaban J connectivity index is 2.06. The summed E-state index contributed by atoms with van der Waals surface area (Å²) in [5, 5.41) is 1.04. The Kier molecular flexibility index (Phi) is 4.39. The van der Waals surface area contributed by atoms with Gasteiger partial charge in [-0.3, -0.25) is 4.79 Å². The van der Waals surface area contributed by atoms with Gasteiger partial charge < -0.3 is 10.6 Å². The van der Waals surface area contributed by atoms with Crippen molar-refractivity contribution in [3.63, 3.8) is 0 Å². The van der Waals surface area contributed by atoms with Gasteiger partial charge in [0, 0.05) is 20.1 Å². The van der Waals surface area contributed by atoms with Gasteiger partial charge in [-0.15, -0.1) is 0 Å². The number of benzene rings is 1. The van der Waals surface area contributed by atoms with Crippen LogP contribution in [0.1, 0.15) is 24.8 Å². The molecular weight excluding hydrogens is 283 g/mol. The summed E-state index contributed by atoms with van der Waals surface area (Å²) in [6.45, 7) is 0.953. The maximum Gasteiger partial charge on any atom is 0.230 e. The molecule has 0 unspecified atom stereocenters. The Hall–Kier alpha value is -0.770. The maximum atomic E-state index is 12.4. The van der Waals surface area contributed by atoms with E-state index in [1.54, 1.807) is 24.1 Å². The first-order chi connectivity index (χ1) is 8.98. The molecule has 0 spiro atoms. The minimum absolute atomic E-state index is 0.132. The third-order valence-corrected chi connectivity index (χ3v) is 4.64. The average Bonchev–Trinajstić information content (AvgIpc) is 2.33. The molecule has 1 aromatic carbocycles. The standard InChI is InChI=1S/C14H18Cl2N2O/c1-18(13(19)14(9-17)5-2-6-14)8-10-3-4-11(15)12(16)7-10/h3-4,7H,2,5-6,8-9,17H2,1H3. The Labute approximate surface area is 123 Å². The molecule has 1 saturated carbocycles. The predicted octanol–water partition coefficient (Wildman–Crippen LogP) is 3.08. The van der Waals surface area contributed by atoms with Crippen LogP contribution in [0.3, 0.4) is 0 Å². The molecule has 0 atom stereocenters. The summed E-state index contributed by atoms with van der Waals surface area (Å²) < 4.78 is 0. The van der Waals surface area contributed by atoms with Crippen molar-refractivity contribution < 1.29 is 4.79 Å². The second-order valence-electron chi connectivity index (χ2n) is 5.25. The molecule has 0 saturated heterocycles. The summed E-state index contributed by atoms with van der Waals surface area (Å²) in [5.41, 5.74) is 6.40. The van der Waals surface area contributed by atoms with Crippen LogP contribution < -0.4 is 5.73 Å². The zero-order valence-corrected chi connectivity index (χ0v) is 12.5. The van der Waals surface area contributed by atoms with E-state index >= 15 is 0 Å². The third kappa shape index (κ3) is 2.88. The number of hydrogen-bond acceptors (Lipinski definition) is 2. The normalized spacial score (nSPS) is 16.8. The van der Waals surface area contributed by atoms with Crippen LogP contribution in [0.5, 0.6) is 0 Å². The molecule has 1 fully saturated rings. The fourth-order valence-electron chi connectivity index (χ4n) is 2.50. The van der Waals surface area contributed by atoms with E-state index in [1.165, 1.54) is 0 Å². The lowest BCUT2D eigenvalue weighted by atomic mass is 9.68. The van der Waals surface area contributed by atoms with Crippen molar-refractivity contribution in [2.45, 2.75) is 25.8 Å². The van der Waals surface area contributed by atoms with E-state index < -0.39 is 0 Å². The topological polar surface area (TPSA) is 46.3 Å². The summed E-state index contributed by atoms with van der Waals surface area (Å²) in [6, 6.07) is 5.43. The highest BCUT2D eigenvalue weighted by molar-refractivity contribution is 6.42. The molecule has 2 rings (SSSR count). The van der Waals surface area contributed by atoms with Gasteiger partial charge in [0.05, 0.1) is 15.5 Å². The van der Waals surface area contributed by atoms with Crippen molar-refractivity contribution in [3.8, 4) is 0 Å². The van der Waals surface area contributed by atoms with E-state index in [9.17, 15) is 4.79 Å². The van der Waals surface area contributed by atoms with Crippen molar-refractivity contribution in [3.05, 3.63) is 33.8 Å². The average molecular weight is 301 g/mol. The van der Waals surface area contributed by atoms with Crippen molar-refractivity contribution in [1.82, 2.24) is 4.90 Å². The van der Waals surface area contributed by atoms with Crippen LogP contribution in [-0.4, -0.2) is 24.4 Å². The molecule has 1 amide bonds. The summed E-state index contributed by atoms with van der Waals surface area (Å²) in [5.74, 6) is 0.132. The predicted molar refractivity (Wildman–Crippen MR) is 78.3 cm³/mol. The fourth-order valence-corrected chi connectivity index (χ4v) is 2.82. The van der Waals surface area contributed by atoms with Gasteiger partial charge in [0.1, 0.15) is 0 Å². The fraction of sp³-hybridized carbons (Fsp3) is 0.500. The lowest BCUT2D eigenvalue weighted by molar-refractivity contribution is -0.145. The highest BCUT2D eigenvalue weighted by Crippen LogP contribution is 2.41. The first kappa shape index (κ1) is 14.6. The SMILES string of the molecule is CN(Cc1ccc(Cl)c(Cl)c1)C(=O)C1(CN)CCC1. The van der Waals surface area contributed by atoms with Gasteiger partial charge >= 0.3 is 0 Å². The van der Waals surface area contributed by atoms with Gasteiger partial charge in [-0.2, -0.15) is 0 Å². The summed E-state index contributed by atoms with van der Waals surface area (Å²) in [7, 11) is 1.81. The first-order valence-corrected chi connectivity index (χ1v) is 7.14. The zero-order chi connectivity index (χ0) is 14.0. The molecule has 0 aliphatic heterocycles. The molecule has 1 aromatic rings. The minimum Gasteiger partial charge on any atom is -0.341 e. The number of carbonyl (C=O) groups is 1. The quantitative estimate of drug-likeness (QED) is 0.929. The lowest BCUT2D eigenvalue weighted by Gasteiger charge is -2.41. The van der Waals surface area contributed by atoms with Gasteiger partial charge in [0.15, 0.2) is 0 Å². The second kappa shape index (κ2) is 5.70. The van der Waals surface area contributed by atoms with Gasteiger partial charge in [-0.25, -0.2) is 0 Å². The van der Waals surface area contributed by atoms with E-state index in [0.717, 1.165) is 24.8 Å². The Morgan fingerprint density at radius 3 is 2.53 bits per heavy atom. The summed E-state index contributed by atoms with van der Waals surface area (Å²) >= 11 is 11.9. The molecule has 5 heteroatoms. The second-order valence-corrected chi connectivity index (χ2v) is 6.06. The number of nitrogens with two attached hydrogens (primary N) is 1. The largest absolute Gasteiger partial charge is 0.341 e. The number of amides is 1. The lowest BCUT2D eigenvalue weighted by Crippen LogP contribution is -2.50. The van der Waals surface area contributed by atoms with Crippen LogP contribution >= 0.6 is 23.2 Å². The smallest absolute Gasteiger partial charge is 0.230 e. The Morgan fingerprint density at radius 1 is 1.37 bits per heavy atom. The molecule has 1 aliphatic rings. The number of carbonyl (C=O) groups excluding carboxylic acids is 1. The maximum absolute atomic E-state index is 12.4.